The van der Waals surface area contributed by atoms with Gasteiger partial charge in [0.25, 0.3) is 0 Å². The second-order valence-electron chi connectivity index (χ2n) is 8.73. The van der Waals surface area contributed by atoms with Crippen molar-refractivity contribution in [2.45, 2.75) is 45.0 Å². The number of ether oxygens (including phenoxy) is 4. The number of hydrogen-bond donors (Lipinski definition) is 0. The lowest BCUT2D eigenvalue weighted by Gasteiger charge is -2.49. The summed E-state index contributed by atoms with van der Waals surface area (Å²) in [6, 6.07) is 5.96. The number of benzene rings is 1. The largest absolute Gasteiger partial charge is 0.493 e. The zero-order valence-corrected chi connectivity index (χ0v) is 17.9. The quantitative estimate of drug-likeness (QED) is 0.717. The van der Waals surface area contributed by atoms with Gasteiger partial charge >= 0.3 is 0 Å². The molecule has 0 spiro atoms. The zero-order chi connectivity index (χ0) is 20.4. The van der Waals surface area contributed by atoms with Gasteiger partial charge in [0.05, 0.1) is 19.8 Å². The lowest BCUT2D eigenvalue weighted by atomic mass is 9.72. The maximum absolute atomic E-state index is 13.2. The third kappa shape index (κ3) is 2.81. The van der Waals surface area contributed by atoms with E-state index in [-0.39, 0.29) is 11.2 Å². The minimum atomic E-state index is -0.927. The molecule has 152 valence electrons. The number of allylic oxidation sites excluding steroid dienone is 1. The van der Waals surface area contributed by atoms with Crippen molar-refractivity contribution in [2.24, 2.45) is 5.41 Å². The summed E-state index contributed by atoms with van der Waals surface area (Å²) >= 11 is 1.61. The molecule has 1 unspecified atom stereocenters. The smallest absolute Gasteiger partial charge is 0.242 e. The topological polar surface area (TPSA) is 54.0 Å². The monoisotopic (exact) mass is 412 g/mol. The molecule has 6 heteroatoms. The minimum absolute atomic E-state index is 0.0998. The number of carbonyl (C=O) groups excluding carboxylic acids is 1. The van der Waals surface area contributed by atoms with Crippen molar-refractivity contribution in [2.75, 3.05) is 14.2 Å². The van der Waals surface area contributed by atoms with E-state index in [0.717, 1.165) is 28.9 Å². The highest BCUT2D eigenvalue weighted by molar-refractivity contribution is 7.08. The van der Waals surface area contributed by atoms with Crippen LogP contribution in [0.2, 0.25) is 0 Å². The van der Waals surface area contributed by atoms with Gasteiger partial charge in [-0.3, -0.25) is 4.79 Å². The molecule has 3 aliphatic rings. The molecule has 3 heterocycles. The fourth-order valence-corrected chi connectivity index (χ4v) is 5.43. The highest BCUT2D eigenvalue weighted by Crippen LogP contribution is 2.56. The number of methoxy groups -OCH3 is 2. The first-order chi connectivity index (χ1) is 13.9. The number of ketones is 1. The Morgan fingerprint density at radius 3 is 2.55 bits per heavy atom. The molecule has 2 aliphatic heterocycles. The van der Waals surface area contributed by atoms with Crippen LogP contribution in [-0.4, -0.2) is 20.0 Å². The maximum atomic E-state index is 13.2. The van der Waals surface area contributed by atoms with Gasteiger partial charge in [-0.05, 0) is 40.1 Å². The van der Waals surface area contributed by atoms with Gasteiger partial charge in [0.1, 0.15) is 11.9 Å². The number of fused-ring (bicyclic) bond motifs is 5. The Hall–Kier alpha value is -2.31. The lowest BCUT2D eigenvalue weighted by Crippen LogP contribution is -2.47. The van der Waals surface area contributed by atoms with Crippen molar-refractivity contribution >= 4 is 17.1 Å². The first kappa shape index (κ1) is 18.7. The molecule has 5 rings (SSSR count). The fraction of sp³-hybridized carbons (Fsp3) is 0.435. The van der Waals surface area contributed by atoms with E-state index >= 15 is 0 Å². The standard InChI is InChI=1S/C23H24O5S/c1-22(2)10-16(24)20-19(11-22)27-23(14-5-6-29-12-14)9-13-7-17(25-3)18(26-4)8-15(13)21(20)28-23/h5-8,12,21H,9-11H2,1-4H3/t21?,23-/m0/s1. The van der Waals surface area contributed by atoms with Gasteiger partial charge in [0.15, 0.2) is 17.3 Å². The molecule has 0 fully saturated rings. The van der Waals surface area contributed by atoms with Crippen LogP contribution in [0.15, 0.2) is 40.3 Å². The Morgan fingerprint density at radius 1 is 1.10 bits per heavy atom. The SMILES string of the molecule is COc1cc2c(cc1OC)C1O[C@](c3ccsc3)(C2)OC2=C1C(=O)CC(C)(C)C2. The van der Waals surface area contributed by atoms with E-state index < -0.39 is 11.9 Å². The molecule has 5 nitrogen and oxygen atoms in total. The summed E-state index contributed by atoms with van der Waals surface area (Å²) in [5, 5.41) is 4.08. The van der Waals surface area contributed by atoms with E-state index in [9.17, 15) is 4.79 Å². The van der Waals surface area contributed by atoms with Crippen LogP contribution in [0.1, 0.15) is 49.5 Å². The minimum Gasteiger partial charge on any atom is -0.493 e. The second kappa shape index (κ2) is 6.34. The average molecular weight is 413 g/mol. The zero-order valence-electron chi connectivity index (χ0n) is 17.0. The van der Waals surface area contributed by atoms with Crippen LogP contribution in [-0.2, 0) is 26.5 Å². The van der Waals surface area contributed by atoms with Gasteiger partial charge in [-0.15, -0.1) is 0 Å². The van der Waals surface area contributed by atoms with Crippen molar-refractivity contribution in [1.82, 2.24) is 0 Å². The number of thiophene rings is 1. The molecule has 2 bridgehead atoms. The molecule has 0 amide bonds. The third-order valence-corrected chi connectivity index (χ3v) is 6.73. The summed E-state index contributed by atoms with van der Waals surface area (Å²) in [4.78, 5) is 13.2. The Kier molecular flexibility index (Phi) is 4.09. The highest BCUT2D eigenvalue weighted by atomic mass is 32.1. The van der Waals surface area contributed by atoms with Gasteiger partial charge in [-0.25, -0.2) is 0 Å². The molecule has 2 atom stereocenters. The van der Waals surface area contributed by atoms with Crippen LogP contribution in [0.25, 0.3) is 0 Å². The van der Waals surface area contributed by atoms with Gasteiger partial charge in [0, 0.05) is 30.2 Å². The summed E-state index contributed by atoms with van der Waals surface area (Å²) in [6.45, 7) is 4.23. The molecule has 1 aromatic carbocycles. The normalized spacial score (nSPS) is 27.0. The van der Waals surface area contributed by atoms with Crippen molar-refractivity contribution < 1.29 is 23.7 Å². The number of carbonyl (C=O) groups is 1. The van der Waals surface area contributed by atoms with Crippen molar-refractivity contribution in [3.8, 4) is 11.5 Å². The van der Waals surface area contributed by atoms with E-state index in [2.05, 4.69) is 19.2 Å². The Morgan fingerprint density at radius 2 is 1.86 bits per heavy atom. The molecule has 0 saturated carbocycles. The van der Waals surface area contributed by atoms with E-state index in [4.69, 9.17) is 18.9 Å². The van der Waals surface area contributed by atoms with Crippen molar-refractivity contribution in [1.29, 1.82) is 0 Å². The van der Waals surface area contributed by atoms with E-state index in [1.165, 1.54) is 0 Å². The molecule has 0 N–H and O–H groups in total. The summed E-state index contributed by atoms with van der Waals surface area (Å²) in [5.74, 6) is 1.24. The molecule has 1 aromatic heterocycles. The maximum Gasteiger partial charge on any atom is 0.242 e. The summed E-state index contributed by atoms with van der Waals surface area (Å²) in [5.41, 5.74) is 3.52. The Labute approximate surface area is 174 Å². The molecule has 1 aliphatic carbocycles. The van der Waals surface area contributed by atoms with E-state index in [0.29, 0.717) is 29.9 Å². The predicted octanol–water partition coefficient (Wildman–Crippen LogP) is 4.91. The predicted molar refractivity (Wildman–Crippen MR) is 109 cm³/mol. The lowest BCUT2D eigenvalue weighted by molar-refractivity contribution is -0.272. The molecular weight excluding hydrogens is 388 g/mol. The number of hydrogen-bond acceptors (Lipinski definition) is 6. The first-order valence-corrected chi connectivity index (χ1v) is 10.7. The van der Waals surface area contributed by atoms with Crippen LogP contribution in [0.4, 0.5) is 0 Å². The van der Waals surface area contributed by atoms with E-state index in [1.807, 2.05) is 23.6 Å². The second-order valence-corrected chi connectivity index (χ2v) is 9.51. The fourth-order valence-electron chi connectivity index (χ4n) is 4.73. The van der Waals surface area contributed by atoms with Gasteiger partial charge in [-0.2, -0.15) is 11.3 Å². The summed E-state index contributed by atoms with van der Waals surface area (Å²) < 4.78 is 24.2. The highest BCUT2D eigenvalue weighted by Gasteiger charge is 2.53. The molecule has 0 radical (unpaired) electrons. The molecular formula is C23H24O5S. The number of rotatable bonds is 3. The van der Waals surface area contributed by atoms with Gasteiger partial charge < -0.3 is 18.9 Å². The van der Waals surface area contributed by atoms with Crippen molar-refractivity contribution in [3.05, 3.63) is 57.0 Å². The van der Waals surface area contributed by atoms with E-state index in [1.54, 1.807) is 25.6 Å². The van der Waals surface area contributed by atoms with Crippen LogP contribution in [0.5, 0.6) is 11.5 Å². The van der Waals surface area contributed by atoms with Crippen LogP contribution >= 0.6 is 11.3 Å². The third-order valence-electron chi connectivity index (χ3n) is 6.05. The number of Topliss-reactive ketones (excluding diaryl/α,β-unsaturated/α-hetero) is 1. The summed E-state index contributed by atoms with van der Waals surface area (Å²) in [7, 11) is 3.25. The van der Waals surface area contributed by atoms with Crippen LogP contribution in [0, 0.1) is 5.41 Å². The van der Waals surface area contributed by atoms with Gasteiger partial charge in [0.2, 0.25) is 5.79 Å². The van der Waals surface area contributed by atoms with Crippen LogP contribution in [0.3, 0.4) is 0 Å². The summed E-state index contributed by atoms with van der Waals surface area (Å²) in [6.07, 6.45) is 1.29. The molecule has 0 saturated heterocycles. The van der Waals surface area contributed by atoms with Gasteiger partial charge in [-0.1, -0.05) is 13.8 Å². The van der Waals surface area contributed by atoms with Crippen LogP contribution < -0.4 is 9.47 Å². The molecule has 2 aromatic rings. The Balaban J connectivity index is 1.74. The Bertz CT molecular complexity index is 1020. The first-order valence-electron chi connectivity index (χ1n) is 9.76. The average Bonchev–Trinajstić information content (AvgIpc) is 3.21. The molecule has 29 heavy (non-hydrogen) atoms. The van der Waals surface area contributed by atoms with Crippen molar-refractivity contribution in [3.63, 3.8) is 0 Å².